The second kappa shape index (κ2) is 14.2. The molecule has 0 aromatic heterocycles. The van der Waals surface area contributed by atoms with E-state index in [1.165, 1.54) is 22.3 Å². The average Bonchev–Trinajstić information content (AvgIpc) is 3.44. The molecule has 2 aromatic rings. The Hall–Kier alpha value is -1.09. The minimum absolute atomic E-state index is 0. The third kappa shape index (κ3) is 10.3. The summed E-state index contributed by atoms with van der Waals surface area (Å²) in [6, 6.07) is 19.7. The zero-order valence-corrected chi connectivity index (χ0v) is 27.2. The number of allylic oxidation sites excluding steroid dienone is 8. The van der Waals surface area contributed by atoms with Crippen molar-refractivity contribution in [3.8, 4) is 0 Å². The SMILES string of the molecule is CC1=[C-]CC(C(C)(C)C)=C1.CC1=[C-]CC(C(C)(C)C)=C1.Cl[Si](Cl)(c1ccccc1)c1ccccc1.[Ti+2]. The Morgan fingerprint density at radius 3 is 1.11 bits per heavy atom. The van der Waals surface area contributed by atoms with Crippen molar-refractivity contribution in [1.29, 1.82) is 0 Å². The zero-order chi connectivity index (χ0) is 26.3. The average molecular weight is 572 g/mol. The summed E-state index contributed by atoms with van der Waals surface area (Å²) in [6.45, 7) is 15.2. The van der Waals surface area contributed by atoms with Crippen LogP contribution in [0.5, 0.6) is 0 Å². The maximum atomic E-state index is 6.49. The van der Waals surface area contributed by atoms with Crippen LogP contribution in [0, 0.1) is 23.0 Å². The molecule has 0 N–H and O–H groups in total. The van der Waals surface area contributed by atoms with Crippen LogP contribution < -0.4 is 10.4 Å². The molecule has 4 rings (SSSR count). The molecule has 0 saturated carbocycles. The van der Waals surface area contributed by atoms with Gasteiger partial charge in [0.1, 0.15) is 0 Å². The molecule has 0 heterocycles. The second-order valence-corrected chi connectivity index (χ2v) is 17.5. The molecular weight excluding hydrogens is 531 g/mol. The minimum Gasteiger partial charge on any atom is -0.269 e. The molecule has 0 saturated heterocycles. The van der Waals surface area contributed by atoms with E-state index in [4.69, 9.17) is 22.2 Å². The third-order valence-corrected chi connectivity index (χ3v) is 10.8. The number of rotatable bonds is 2. The van der Waals surface area contributed by atoms with Crippen LogP contribution in [-0.2, 0) is 21.7 Å². The first-order valence-corrected chi connectivity index (χ1v) is 16.3. The quantitative estimate of drug-likeness (QED) is 0.192. The van der Waals surface area contributed by atoms with Gasteiger partial charge in [0, 0.05) is 0 Å². The summed E-state index contributed by atoms with van der Waals surface area (Å²) < 4.78 is 0. The van der Waals surface area contributed by atoms with E-state index in [1.54, 1.807) is 0 Å². The molecule has 0 bridgehead atoms. The molecule has 2 aliphatic rings. The Balaban J connectivity index is 0.000000276. The van der Waals surface area contributed by atoms with Crippen molar-refractivity contribution >= 4 is 39.2 Å². The van der Waals surface area contributed by atoms with E-state index >= 15 is 0 Å². The first-order chi connectivity index (χ1) is 16.2. The van der Waals surface area contributed by atoms with Crippen LogP contribution in [0.4, 0.5) is 0 Å². The van der Waals surface area contributed by atoms with Crippen LogP contribution in [0.1, 0.15) is 68.2 Å². The van der Waals surface area contributed by atoms with Gasteiger partial charge >= 0.3 is 28.4 Å². The number of hydrogen-bond donors (Lipinski definition) is 0. The van der Waals surface area contributed by atoms with E-state index in [1.807, 2.05) is 60.7 Å². The molecule has 0 atom stereocenters. The van der Waals surface area contributed by atoms with Gasteiger partial charge in [-0.1, -0.05) is 116 Å². The molecular formula is C32H40Cl2SiTi. The Kier molecular flexibility index (Phi) is 13.0. The minimum atomic E-state index is -2.51. The van der Waals surface area contributed by atoms with E-state index in [-0.39, 0.29) is 21.7 Å². The summed E-state index contributed by atoms with van der Waals surface area (Å²) in [5.74, 6) is 0. The van der Waals surface area contributed by atoms with E-state index in [9.17, 15) is 0 Å². The Labute approximate surface area is 245 Å². The fourth-order valence-corrected chi connectivity index (χ4v) is 6.69. The molecule has 4 heteroatoms. The molecule has 0 amide bonds. The fourth-order valence-electron chi connectivity index (χ4n) is 3.62. The van der Waals surface area contributed by atoms with Crippen LogP contribution >= 0.6 is 22.2 Å². The van der Waals surface area contributed by atoms with Crippen molar-refractivity contribution in [1.82, 2.24) is 0 Å². The van der Waals surface area contributed by atoms with E-state index in [0.29, 0.717) is 10.8 Å². The molecule has 190 valence electrons. The molecule has 36 heavy (non-hydrogen) atoms. The Bertz CT molecular complexity index is 993. The first kappa shape index (κ1) is 32.9. The standard InChI is InChI=1S/C12H10Cl2Si.2C10H15.Ti/c13-15(14,11-7-3-1-4-8-11)12-9-5-2-6-10-12;2*1-8-5-6-9(7-8)10(2,3)4;/h1-10H;2*7H,6H2,1-4H3;/q;2*-1;+2. The van der Waals surface area contributed by atoms with Crippen molar-refractivity contribution in [2.75, 3.05) is 0 Å². The molecule has 2 aromatic carbocycles. The van der Waals surface area contributed by atoms with Gasteiger partial charge < -0.3 is 0 Å². The van der Waals surface area contributed by atoms with E-state index < -0.39 is 6.69 Å². The zero-order valence-electron chi connectivity index (χ0n) is 23.1. The van der Waals surface area contributed by atoms with Crippen molar-refractivity contribution in [3.63, 3.8) is 0 Å². The van der Waals surface area contributed by atoms with Gasteiger partial charge in [-0.05, 0) is 21.2 Å². The fraction of sp³-hybridized carbons (Fsp3) is 0.375. The number of hydrogen-bond acceptors (Lipinski definition) is 0. The van der Waals surface area contributed by atoms with Gasteiger partial charge in [-0.2, -0.15) is 11.1 Å². The second-order valence-electron chi connectivity index (χ2n) is 11.2. The third-order valence-electron chi connectivity index (χ3n) is 6.10. The largest absolute Gasteiger partial charge is 2.00 e. The van der Waals surface area contributed by atoms with Crippen LogP contribution in [0.25, 0.3) is 0 Å². The number of halogens is 2. The molecule has 0 radical (unpaired) electrons. The van der Waals surface area contributed by atoms with Gasteiger partial charge in [-0.25, -0.2) is 23.3 Å². The predicted molar refractivity (Wildman–Crippen MR) is 159 cm³/mol. The van der Waals surface area contributed by atoms with Crippen LogP contribution in [0.3, 0.4) is 0 Å². The van der Waals surface area contributed by atoms with Crippen LogP contribution in [-0.4, -0.2) is 6.69 Å². The Morgan fingerprint density at radius 2 is 0.917 bits per heavy atom. The molecule has 0 spiro atoms. The van der Waals surface area contributed by atoms with Gasteiger partial charge in [0.2, 0.25) is 0 Å². The maximum absolute atomic E-state index is 6.49. The molecule has 0 aliphatic heterocycles. The van der Waals surface area contributed by atoms with Crippen molar-refractivity contribution < 1.29 is 21.7 Å². The molecule has 0 unspecified atom stereocenters. The summed E-state index contributed by atoms with van der Waals surface area (Å²) in [5.41, 5.74) is 6.28. The van der Waals surface area contributed by atoms with Gasteiger partial charge in [0.25, 0.3) is 0 Å². The van der Waals surface area contributed by atoms with Crippen LogP contribution in [0.2, 0.25) is 0 Å². The summed E-state index contributed by atoms with van der Waals surface area (Å²) >= 11 is 13.0. The number of benzene rings is 2. The maximum Gasteiger partial charge on any atom is 2.00 e. The van der Waals surface area contributed by atoms with Crippen molar-refractivity contribution in [2.45, 2.75) is 68.2 Å². The first-order valence-electron chi connectivity index (χ1n) is 12.3. The molecule has 0 nitrogen and oxygen atoms in total. The predicted octanol–water partition coefficient (Wildman–Crippen LogP) is 8.94. The topological polar surface area (TPSA) is 0 Å². The molecule has 0 fully saturated rings. The summed E-state index contributed by atoms with van der Waals surface area (Å²) in [5, 5.41) is 2.05. The summed E-state index contributed by atoms with van der Waals surface area (Å²) in [7, 11) is 0. The monoisotopic (exact) mass is 570 g/mol. The van der Waals surface area contributed by atoms with E-state index in [2.05, 4.69) is 79.7 Å². The van der Waals surface area contributed by atoms with Gasteiger partial charge in [0.05, 0.1) is 0 Å². The Morgan fingerprint density at radius 1 is 0.611 bits per heavy atom. The normalized spacial score (nSPS) is 15.2. The van der Waals surface area contributed by atoms with Gasteiger partial charge in [-0.3, -0.25) is 12.2 Å². The van der Waals surface area contributed by atoms with Gasteiger partial charge in [0.15, 0.2) is 0 Å². The van der Waals surface area contributed by atoms with Gasteiger partial charge in [-0.15, -0.1) is 35.0 Å². The van der Waals surface area contributed by atoms with Crippen molar-refractivity contribution in [3.05, 3.63) is 107 Å². The van der Waals surface area contributed by atoms with E-state index in [0.717, 1.165) is 23.2 Å². The smallest absolute Gasteiger partial charge is 0.269 e. The summed E-state index contributed by atoms with van der Waals surface area (Å²) in [4.78, 5) is 0. The van der Waals surface area contributed by atoms with Crippen molar-refractivity contribution in [2.24, 2.45) is 10.8 Å². The summed E-state index contributed by atoms with van der Waals surface area (Å²) in [6.07, 6.45) is 13.2. The molecule has 2 aliphatic carbocycles. The van der Waals surface area contributed by atoms with Crippen LogP contribution in [0.15, 0.2) is 95.1 Å².